The van der Waals surface area contributed by atoms with Crippen LogP contribution in [-0.4, -0.2) is 49.8 Å². The molecular formula is C25H24N2O5S. The van der Waals surface area contributed by atoms with Gasteiger partial charge in [-0.2, -0.15) is 4.31 Å². The normalized spacial score (nSPS) is 21.4. The minimum Gasteiger partial charge on any atom is -0.377 e. The predicted octanol–water partition coefficient (Wildman–Crippen LogP) is 3.34. The zero-order valence-corrected chi connectivity index (χ0v) is 18.8. The van der Waals surface area contributed by atoms with Crippen molar-refractivity contribution in [3.8, 4) is 0 Å². The number of benzene rings is 3. The number of nitrogens with zero attached hydrogens (tertiary/aromatic N) is 2. The summed E-state index contributed by atoms with van der Waals surface area (Å²) in [7, 11) is -4.07. The molecule has 0 saturated carbocycles. The van der Waals surface area contributed by atoms with Crippen molar-refractivity contribution in [1.29, 1.82) is 0 Å². The van der Waals surface area contributed by atoms with Gasteiger partial charge >= 0.3 is 0 Å². The second-order valence-corrected chi connectivity index (χ2v) is 10.2. The smallest absolute Gasteiger partial charge is 0.252 e. The molecule has 0 aromatic heterocycles. The maximum atomic E-state index is 13.8. The van der Waals surface area contributed by atoms with E-state index in [9.17, 15) is 18.0 Å². The zero-order valence-electron chi connectivity index (χ0n) is 18.0. The predicted molar refractivity (Wildman–Crippen MR) is 124 cm³/mol. The van der Waals surface area contributed by atoms with Crippen molar-refractivity contribution in [3.05, 3.63) is 72.8 Å². The molecule has 8 heteroatoms. The molecule has 170 valence electrons. The van der Waals surface area contributed by atoms with Gasteiger partial charge < -0.3 is 4.74 Å². The third-order valence-corrected chi connectivity index (χ3v) is 8.09. The fraction of sp³-hybridized carbons (Fsp3) is 0.280. The van der Waals surface area contributed by atoms with Crippen LogP contribution in [0.2, 0.25) is 0 Å². The molecule has 2 heterocycles. The fourth-order valence-electron chi connectivity index (χ4n) is 4.53. The Balaban J connectivity index is 1.54. The van der Waals surface area contributed by atoms with Gasteiger partial charge in [-0.25, -0.2) is 13.3 Å². The van der Waals surface area contributed by atoms with Crippen LogP contribution in [0.1, 0.15) is 19.3 Å². The summed E-state index contributed by atoms with van der Waals surface area (Å²) in [4.78, 5) is 27.4. The SMILES string of the molecule is O=C1CC(N(CC2CCCO2)S(=O)(=O)c2ccc3ccccc3c2)C(=O)N1c1ccccc1. The number of hydrogen-bond acceptors (Lipinski definition) is 5. The highest BCUT2D eigenvalue weighted by atomic mass is 32.2. The van der Waals surface area contributed by atoms with Crippen LogP contribution in [0.15, 0.2) is 77.7 Å². The van der Waals surface area contributed by atoms with Gasteiger partial charge in [0.2, 0.25) is 15.9 Å². The Morgan fingerprint density at radius 3 is 2.39 bits per heavy atom. The number of imide groups is 1. The summed E-state index contributed by atoms with van der Waals surface area (Å²) in [6.45, 7) is 0.587. The molecule has 2 atom stereocenters. The molecule has 3 aromatic rings. The molecule has 2 aliphatic heterocycles. The second-order valence-electron chi connectivity index (χ2n) is 8.34. The van der Waals surface area contributed by atoms with Gasteiger partial charge in [0.25, 0.3) is 5.91 Å². The van der Waals surface area contributed by atoms with Crippen LogP contribution in [0, 0.1) is 0 Å². The fourth-order valence-corrected chi connectivity index (χ4v) is 6.18. The van der Waals surface area contributed by atoms with E-state index in [-0.39, 0.29) is 24.0 Å². The van der Waals surface area contributed by atoms with Crippen molar-refractivity contribution in [2.24, 2.45) is 0 Å². The van der Waals surface area contributed by atoms with E-state index in [2.05, 4.69) is 0 Å². The lowest BCUT2D eigenvalue weighted by Gasteiger charge is -2.29. The molecule has 2 saturated heterocycles. The van der Waals surface area contributed by atoms with E-state index >= 15 is 0 Å². The molecule has 0 spiro atoms. The lowest BCUT2D eigenvalue weighted by Crippen LogP contribution is -2.48. The summed E-state index contributed by atoms with van der Waals surface area (Å²) in [5.41, 5.74) is 0.440. The third-order valence-electron chi connectivity index (χ3n) is 6.22. The molecule has 2 unspecified atom stereocenters. The molecule has 0 radical (unpaired) electrons. The highest BCUT2D eigenvalue weighted by Crippen LogP contribution is 2.31. The third kappa shape index (κ3) is 4.06. The van der Waals surface area contributed by atoms with E-state index in [0.29, 0.717) is 18.7 Å². The Bertz CT molecular complexity index is 1300. The molecule has 33 heavy (non-hydrogen) atoms. The number of anilines is 1. The van der Waals surface area contributed by atoms with Crippen LogP contribution in [0.5, 0.6) is 0 Å². The Labute approximate surface area is 192 Å². The number of carbonyl (C=O) groups is 2. The molecule has 7 nitrogen and oxygen atoms in total. The zero-order chi connectivity index (χ0) is 23.0. The number of carbonyl (C=O) groups excluding carboxylic acids is 2. The summed E-state index contributed by atoms with van der Waals surface area (Å²) < 4.78 is 34.5. The van der Waals surface area contributed by atoms with Crippen LogP contribution in [0.4, 0.5) is 5.69 Å². The molecule has 2 fully saturated rings. The molecule has 2 aliphatic rings. The molecule has 5 rings (SSSR count). The van der Waals surface area contributed by atoms with E-state index in [0.717, 1.165) is 22.1 Å². The Morgan fingerprint density at radius 2 is 1.67 bits per heavy atom. The van der Waals surface area contributed by atoms with E-state index < -0.39 is 27.9 Å². The second kappa shape index (κ2) is 8.70. The van der Waals surface area contributed by atoms with Crippen molar-refractivity contribution < 1.29 is 22.7 Å². The summed E-state index contributed by atoms with van der Waals surface area (Å²) in [6, 6.07) is 19.9. The molecule has 0 bridgehead atoms. The maximum Gasteiger partial charge on any atom is 0.252 e. The first-order valence-electron chi connectivity index (χ1n) is 11.0. The number of para-hydroxylation sites is 1. The number of amides is 2. The minimum atomic E-state index is -4.07. The van der Waals surface area contributed by atoms with Gasteiger partial charge in [0.05, 0.1) is 23.1 Å². The first-order valence-corrected chi connectivity index (χ1v) is 12.4. The number of ether oxygens (including phenoxy) is 1. The van der Waals surface area contributed by atoms with Crippen molar-refractivity contribution in [2.45, 2.75) is 36.3 Å². The number of sulfonamides is 1. The number of fused-ring (bicyclic) bond motifs is 1. The van der Waals surface area contributed by atoms with Crippen LogP contribution < -0.4 is 4.90 Å². The summed E-state index contributed by atoms with van der Waals surface area (Å²) in [5.74, 6) is -0.948. The minimum absolute atomic E-state index is 0.0292. The average Bonchev–Trinajstić information content (AvgIpc) is 3.45. The van der Waals surface area contributed by atoms with Gasteiger partial charge in [-0.05, 0) is 47.9 Å². The van der Waals surface area contributed by atoms with Gasteiger partial charge in [0.15, 0.2) is 0 Å². The van der Waals surface area contributed by atoms with Crippen LogP contribution >= 0.6 is 0 Å². The lowest BCUT2D eigenvalue weighted by molar-refractivity contribution is -0.122. The topological polar surface area (TPSA) is 84.0 Å². The van der Waals surface area contributed by atoms with Gasteiger partial charge in [-0.1, -0.05) is 48.5 Å². The van der Waals surface area contributed by atoms with E-state index in [1.165, 1.54) is 4.31 Å². The quantitative estimate of drug-likeness (QED) is 0.523. The van der Waals surface area contributed by atoms with E-state index in [1.807, 2.05) is 24.3 Å². The largest absolute Gasteiger partial charge is 0.377 e. The monoisotopic (exact) mass is 464 g/mol. The first kappa shape index (κ1) is 21.8. The van der Waals surface area contributed by atoms with Gasteiger partial charge in [-0.3, -0.25) is 9.59 Å². The highest BCUT2D eigenvalue weighted by Gasteiger charge is 2.47. The summed E-state index contributed by atoms with van der Waals surface area (Å²) in [6.07, 6.45) is 1.03. The summed E-state index contributed by atoms with van der Waals surface area (Å²) in [5, 5.41) is 1.71. The van der Waals surface area contributed by atoms with Gasteiger partial charge in [0.1, 0.15) is 6.04 Å². The van der Waals surface area contributed by atoms with Crippen molar-refractivity contribution in [2.75, 3.05) is 18.1 Å². The average molecular weight is 465 g/mol. The highest BCUT2D eigenvalue weighted by molar-refractivity contribution is 7.89. The first-order chi connectivity index (χ1) is 15.9. The molecule has 0 aliphatic carbocycles. The van der Waals surface area contributed by atoms with Crippen molar-refractivity contribution in [1.82, 2.24) is 4.31 Å². The standard InChI is InChI=1S/C25H24N2O5S/c28-24-16-23(25(29)27(24)20-9-2-1-3-10-20)26(17-21-11-6-14-32-21)33(30,31)22-13-12-18-7-4-5-8-19(18)15-22/h1-5,7-10,12-13,15,21,23H,6,11,14,16-17H2. The Morgan fingerprint density at radius 1 is 0.939 bits per heavy atom. The van der Waals surface area contributed by atoms with Crippen LogP contribution in [0.25, 0.3) is 10.8 Å². The molecule has 3 aromatic carbocycles. The molecule has 0 N–H and O–H groups in total. The molecule has 2 amide bonds. The Kier molecular flexibility index (Phi) is 5.74. The maximum absolute atomic E-state index is 13.8. The van der Waals surface area contributed by atoms with Crippen molar-refractivity contribution in [3.63, 3.8) is 0 Å². The number of hydrogen-bond donors (Lipinski definition) is 0. The molecular weight excluding hydrogens is 440 g/mol. The van der Waals surface area contributed by atoms with Crippen LogP contribution in [-0.2, 0) is 24.3 Å². The van der Waals surface area contributed by atoms with Gasteiger partial charge in [0, 0.05) is 13.2 Å². The van der Waals surface area contributed by atoms with Gasteiger partial charge in [-0.15, -0.1) is 0 Å². The van der Waals surface area contributed by atoms with Crippen LogP contribution in [0.3, 0.4) is 0 Å². The van der Waals surface area contributed by atoms with Crippen molar-refractivity contribution >= 4 is 38.3 Å². The number of rotatable bonds is 6. The van der Waals surface area contributed by atoms with E-state index in [1.54, 1.807) is 48.5 Å². The summed E-state index contributed by atoms with van der Waals surface area (Å²) >= 11 is 0. The Hall–Kier alpha value is -3.07. The lowest BCUT2D eigenvalue weighted by atomic mass is 10.1. The van der Waals surface area contributed by atoms with E-state index in [4.69, 9.17) is 4.74 Å².